The van der Waals surface area contributed by atoms with Crippen LogP contribution in [-0.2, 0) is 11.3 Å². The largest absolute Gasteiger partial charge is 0.497 e. The van der Waals surface area contributed by atoms with Gasteiger partial charge in [0.2, 0.25) is 0 Å². The van der Waals surface area contributed by atoms with Crippen LogP contribution in [0.25, 0.3) is 5.69 Å². The zero-order valence-electron chi connectivity index (χ0n) is 26.5. The first-order valence-electron chi connectivity index (χ1n) is 15.0. The molecule has 0 unspecified atom stereocenters. The average Bonchev–Trinajstić information content (AvgIpc) is 3.88. The summed E-state index contributed by atoms with van der Waals surface area (Å²) in [6.45, 7) is 4.26. The molecule has 10 nitrogen and oxygen atoms in total. The quantitative estimate of drug-likeness (QED) is 0.163. The van der Waals surface area contributed by atoms with Gasteiger partial charge in [0.15, 0.2) is 11.0 Å². The van der Waals surface area contributed by atoms with Gasteiger partial charge < -0.3 is 14.8 Å². The highest BCUT2D eigenvalue weighted by atomic mass is 32.2. The van der Waals surface area contributed by atoms with Gasteiger partial charge in [-0.2, -0.15) is 5.10 Å². The maximum absolute atomic E-state index is 14.0. The van der Waals surface area contributed by atoms with Crippen molar-refractivity contribution >= 4 is 40.6 Å². The van der Waals surface area contributed by atoms with Crippen molar-refractivity contribution in [3.05, 3.63) is 117 Å². The molecule has 240 valence electrons. The van der Waals surface area contributed by atoms with E-state index in [1.54, 1.807) is 25.3 Å². The molecule has 1 aliphatic heterocycles. The van der Waals surface area contributed by atoms with Crippen molar-refractivity contribution in [2.75, 3.05) is 20.0 Å². The summed E-state index contributed by atoms with van der Waals surface area (Å²) in [5, 5.41) is 20.7. The number of hydrogen-bond acceptors (Lipinski definition) is 9. The standard InChI is InChI=1S/C35H34N6O4S2/c1-22-7-5-8-29(23(22)2)40-32(20-36-34(43)31-9-6-18-46-31)37-38-35(40)47-21-33(42)41-30(25-12-16-27(45-4)17-13-25)19-28(39-41)24-10-14-26(44-3)15-11-24/h5-18,30H,19-21H2,1-4H3,(H,36,43)/t30-/m0/s1. The number of aromatic nitrogens is 3. The number of thiophene rings is 1. The minimum atomic E-state index is -0.286. The van der Waals surface area contributed by atoms with Crippen molar-refractivity contribution in [2.24, 2.45) is 5.10 Å². The molecule has 0 bridgehead atoms. The summed E-state index contributed by atoms with van der Waals surface area (Å²) in [6, 6.07) is 24.8. The van der Waals surface area contributed by atoms with Crippen molar-refractivity contribution in [1.82, 2.24) is 25.1 Å². The van der Waals surface area contributed by atoms with Gasteiger partial charge in [0.05, 0.1) is 48.8 Å². The Balaban J connectivity index is 1.27. The van der Waals surface area contributed by atoms with Crippen LogP contribution in [0, 0.1) is 13.8 Å². The fraction of sp³-hybridized carbons (Fsp3) is 0.229. The number of hydrazone groups is 1. The van der Waals surface area contributed by atoms with Gasteiger partial charge in [-0.15, -0.1) is 21.5 Å². The van der Waals surface area contributed by atoms with E-state index in [0.717, 1.165) is 45.2 Å². The first-order valence-corrected chi connectivity index (χ1v) is 16.9. The Morgan fingerprint density at radius 2 is 1.66 bits per heavy atom. The fourth-order valence-electron chi connectivity index (χ4n) is 5.36. The van der Waals surface area contributed by atoms with Crippen LogP contribution in [0.1, 0.15) is 50.2 Å². The first kappa shape index (κ1) is 32.0. The number of amides is 2. The van der Waals surface area contributed by atoms with E-state index in [0.29, 0.717) is 22.3 Å². The highest BCUT2D eigenvalue weighted by Crippen LogP contribution is 2.35. The number of carbonyl (C=O) groups is 2. The molecule has 2 aromatic heterocycles. The van der Waals surface area contributed by atoms with Crippen LogP contribution in [0.4, 0.5) is 0 Å². The molecule has 6 rings (SSSR count). The summed E-state index contributed by atoms with van der Waals surface area (Å²) in [7, 11) is 3.26. The normalized spacial score (nSPS) is 14.2. The van der Waals surface area contributed by atoms with Gasteiger partial charge in [0.1, 0.15) is 11.5 Å². The van der Waals surface area contributed by atoms with E-state index >= 15 is 0 Å². The summed E-state index contributed by atoms with van der Waals surface area (Å²) in [5.74, 6) is 1.80. The lowest BCUT2D eigenvalue weighted by atomic mass is 9.98. The van der Waals surface area contributed by atoms with E-state index in [4.69, 9.17) is 14.6 Å². The van der Waals surface area contributed by atoms with Gasteiger partial charge in [-0.25, -0.2) is 5.01 Å². The third kappa shape index (κ3) is 6.93. The third-order valence-electron chi connectivity index (χ3n) is 8.08. The number of rotatable bonds is 11. The molecule has 1 N–H and O–H groups in total. The van der Waals surface area contributed by atoms with Gasteiger partial charge in [0, 0.05) is 6.42 Å². The Hall–Kier alpha value is -4.94. The van der Waals surface area contributed by atoms with E-state index < -0.39 is 0 Å². The van der Waals surface area contributed by atoms with Crippen molar-refractivity contribution in [2.45, 2.75) is 38.0 Å². The lowest BCUT2D eigenvalue weighted by Crippen LogP contribution is -2.28. The van der Waals surface area contributed by atoms with Crippen molar-refractivity contribution in [3.63, 3.8) is 0 Å². The molecule has 2 amide bonds. The topological polar surface area (TPSA) is 111 Å². The summed E-state index contributed by atoms with van der Waals surface area (Å²) < 4.78 is 12.6. The lowest BCUT2D eigenvalue weighted by Gasteiger charge is -2.22. The molecule has 0 saturated heterocycles. The predicted molar refractivity (Wildman–Crippen MR) is 184 cm³/mol. The van der Waals surface area contributed by atoms with E-state index in [-0.39, 0.29) is 30.2 Å². The van der Waals surface area contributed by atoms with E-state index in [9.17, 15) is 9.59 Å². The van der Waals surface area contributed by atoms with Crippen LogP contribution in [0.15, 0.2) is 94.5 Å². The second-order valence-corrected chi connectivity index (χ2v) is 12.8. The second-order valence-electron chi connectivity index (χ2n) is 10.9. The molecule has 0 spiro atoms. The maximum atomic E-state index is 14.0. The predicted octanol–water partition coefficient (Wildman–Crippen LogP) is 6.36. The fourth-order valence-corrected chi connectivity index (χ4v) is 6.81. The SMILES string of the molecule is COc1ccc(C2=NN(C(=O)CSc3nnc(CNC(=O)c4cccs4)n3-c3cccc(C)c3C)[C@H](c3ccc(OC)cc3)C2)cc1. The Morgan fingerprint density at radius 3 is 2.34 bits per heavy atom. The Kier molecular flexibility index (Phi) is 9.69. The van der Waals surface area contributed by atoms with Gasteiger partial charge in [-0.3, -0.25) is 14.2 Å². The summed E-state index contributed by atoms with van der Waals surface area (Å²) in [5.41, 5.74) is 5.75. The first-order chi connectivity index (χ1) is 22.9. The van der Waals surface area contributed by atoms with Crippen LogP contribution in [-0.4, -0.2) is 57.3 Å². The monoisotopic (exact) mass is 666 g/mol. The Morgan fingerprint density at radius 1 is 0.936 bits per heavy atom. The Labute approximate surface area is 281 Å². The van der Waals surface area contributed by atoms with Crippen LogP contribution in [0.3, 0.4) is 0 Å². The van der Waals surface area contributed by atoms with Crippen LogP contribution >= 0.6 is 23.1 Å². The van der Waals surface area contributed by atoms with E-state index in [1.807, 2.05) is 96.6 Å². The summed E-state index contributed by atoms with van der Waals surface area (Å²) in [6.07, 6.45) is 0.557. The number of ether oxygens (including phenoxy) is 2. The van der Waals surface area contributed by atoms with Crippen LogP contribution < -0.4 is 14.8 Å². The van der Waals surface area contributed by atoms with Gasteiger partial charge in [-0.1, -0.05) is 42.1 Å². The molecule has 3 aromatic carbocycles. The number of thioether (sulfide) groups is 1. The molecule has 12 heteroatoms. The zero-order valence-corrected chi connectivity index (χ0v) is 28.1. The van der Waals surface area contributed by atoms with Crippen LogP contribution in [0.2, 0.25) is 0 Å². The van der Waals surface area contributed by atoms with E-state index in [1.165, 1.54) is 23.1 Å². The molecule has 0 fully saturated rings. The summed E-state index contributed by atoms with van der Waals surface area (Å²) in [4.78, 5) is 27.3. The second kappa shape index (κ2) is 14.2. The minimum Gasteiger partial charge on any atom is -0.497 e. The molecule has 1 aliphatic rings. The highest BCUT2D eigenvalue weighted by molar-refractivity contribution is 7.99. The molecular formula is C35H34N6O4S2. The minimum absolute atomic E-state index is 0.0800. The molecule has 0 saturated carbocycles. The Bertz CT molecular complexity index is 1900. The molecule has 47 heavy (non-hydrogen) atoms. The number of benzene rings is 3. The molecule has 1 atom stereocenters. The number of nitrogens with zero attached hydrogens (tertiary/aromatic N) is 5. The number of methoxy groups -OCH3 is 2. The number of hydrogen-bond donors (Lipinski definition) is 1. The van der Waals surface area contributed by atoms with Crippen molar-refractivity contribution < 1.29 is 19.1 Å². The molecule has 0 radical (unpaired) electrons. The van der Waals surface area contributed by atoms with Crippen LogP contribution in [0.5, 0.6) is 11.5 Å². The molecule has 0 aliphatic carbocycles. The van der Waals surface area contributed by atoms with Crippen molar-refractivity contribution in [1.29, 1.82) is 0 Å². The molecule has 5 aromatic rings. The third-order valence-corrected chi connectivity index (χ3v) is 9.87. The molecule has 3 heterocycles. The average molecular weight is 667 g/mol. The van der Waals surface area contributed by atoms with Gasteiger partial charge in [-0.05, 0) is 90.0 Å². The summed E-state index contributed by atoms with van der Waals surface area (Å²) >= 11 is 2.67. The maximum Gasteiger partial charge on any atom is 0.261 e. The lowest BCUT2D eigenvalue weighted by molar-refractivity contribution is -0.130. The number of aryl methyl sites for hydroxylation is 1. The van der Waals surface area contributed by atoms with Crippen molar-refractivity contribution in [3.8, 4) is 17.2 Å². The number of nitrogens with one attached hydrogen (secondary N) is 1. The zero-order chi connectivity index (χ0) is 32.9. The van der Waals surface area contributed by atoms with E-state index in [2.05, 4.69) is 15.5 Å². The smallest absolute Gasteiger partial charge is 0.261 e. The molecular weight excluding hydrogens is 633 g/mol. The van der Waals surface area contributed by atoms with Gasteiger partial charge >= 0.3 is 0 Å². The highest BCUT2D eigenvalue weighted by Gasteiger charge is 2.33. The van der Waals surface area contributed by atoms with Gasteiger partial charge in [0.25, 0.3) is 11.8 Å². The number of carbonyl (C=O) groups excluding carboxylic acids is 2.